The summed E-state index contributed by atoms with van der Waals surface area (Å²) in [4.78, 5) is 0. The van der Waals surface area contributed by atoms with E-state index in [0.29, 0.717) is 12.1 Å². The van der Waals surface area contributed by atoms with Crippen molar-refractivity contribution in [2.75, 3.05) is 13.6 Å². The lowest BCUT2D eigenvalue weighted by atomic mass is 10.2. The Kier molecular flexibility index (Phi) is 3.58. The number of nitrogens with one attached hydrogen (secondary N) is 1. The smallest absolute Gasteiger partial charge is 0.126 e. The Morgan fingerprint density at radius 2 is 1.85 bits per heavy atom. The van der Waals surface area contributed by atoms with E-state index < -0.39 is 11.6 Å². The average Bonchev–Trinajstić information content (AvgIpc) is 2.03. The fourth-order valence-electron chi connectivity index (χ4n) is 0.984. The van der Waals surface area contributed by atoms with E-state index in [1.165, 1.54) is 12.1 Å². The first-order valence-electron chi connectivity index (χ1n) is 3.99. The fourth-order valence-corrected chi connectivity index (χ4v) is 0.984. The normalized spacial score (nSPS) is 11.0. The summed E-state index contributed by atoms with van der Waals surface area (Å²) in [7, 11) is 1.80. The predicted octanol–water partition coefficient (Wildman–Crippen LogP) is 2.20. The van der Waals surface area contributed by atoms with Crippen LogP contribution in [-0.2, 0) is 0 Å². The molecular weight excluding hydrogens is 172 g/mol. The van der Waals surface area contributed by atoms with Gasteiger partial charge in [-0.3, -0.25) is 0 Å². The highest BCUT2D eigenvalue weighted by atomic mass is 19.1. The molecule has 70 valence electrons. The van der Waals surface area contributed by atoms with Gasteiger partial charge in [0.2, 0.25) is 0 Å². The van der Waals surface area contributed by atoms with Gasteiger partial charge in [0.15, 0.2) is 0 Å². The molecule has 1 N–H and O–H groups in total. The highest BCUT2D eigenvalue weighted by Gasteiger charge is 1.96. The van der Waals surface area contributed by atoms with Gasteiger partial charge >= 0.3 is 0 Å². The lowest BCUT2D eigenvalue weighted by Crippen LogP contribution is -2.03. The third-order valence-electron chi connectivity index (χ3n) is 1.52. The third kappa shape index (κ3) is 3.34. The van der Waals surface area contributed by atoms with Crippen molar-refractivity contribution in [3.8, 4) is 0 Å². The van der Waals surface area contributed by atoms with Gasteiger partial charge in [0.05, 0.1) is 0 Å². The summed E-state index contributed by atoms with van der Waals surface area (Å²) in [6, 6.07) is 3.43. The number of rotatable bonds is 3. The molecule has 1 aromatic carbocycles. The van der Waals surface area contributed by atoms with Crippen LogP contribution in [-0.4, -0.2) is 13.6 Å². The number of hydrogen-bond acceptors (Lipinski definition) is 1. The molecule has 0 unspecified atom stereocenters. The van der Waals surface area contributed by atoms with E-state index in [2.05, 4.69) is 5.32 Å². The molecule has 0 aromatic heterocycles. The number of halogens is 2. The van der Waals surface area contributed by atoms with Gasteiger partial charge in [0.25, 0.3) is 0 Å². The van der Waals surface area contributed by atoms with E-state index in [1.54, 1.807) is 19.2 Å². The van der Waals surface area contributed by atoms with Crippen LogP contribution in [0.15, 0.2) is 24.3 Å². The van der Waals surface area contributed by atoms with Crippen LogP contribution in [0, 0.1) is 11.6 Å². The molecule has 0 spiro atoms. The van der Waals surface area contributed by atoms with Gasteiger partial charge in [0, 0.05) is 12.6 Å². The summed E-state index contributed by atoms with van der Waals surface area (Å²) < 4.78 is 25.3. The van der Waals surface area contributed by atoms with E-state index in [1.807, 2.05) is 0 Å². The standard InChI is InChI=1S/C10H11F2N/c1-13-4-2-3-8-5-9(11)7-10(12)6-8/h2-3,5-7,13H,4H2,1H3/b3-2+. The molecule has 0 aliphatic heterocycles. The monoisotopic (exact) mass is 183 g/mol. The average molecular weight is 183 g/mol. The first-order valence-corrected chi connectivity index (χ1v) is 3.99. The lowest BCUT2D eigenvalue weighted by Gasteiger charge is -1.95. The number of likely N-dealkylation sites (N-methyl/N-ethyl adjacent to an activating group) is 1. The van der Waals surface area contributed by atoms with Crippen molar-refractivity contribution in [2.45, 2.75) is 0 Å². The molecule has 0 atom stereocenters. The van der Waals surface area contributed by atoms with Gasteiger partial charge in [-0.15, -0.1) is 0 Å². The number of hydrogen-bond donors (Lipinski definition) is 1. The van der Waals surface area contributed by atoms with Crippen LogP contribution in [0.1, 0.15) is 5.56 Å². The van der Waals surface area contributed by atoms with Crippen LogP contribution in [0.5, 0.6) is 0 Å². The Bertz CT molecular complexity index is 288. The topological polar surface area (TPSA) is 12.0 Å². The Labute approximate surface area is 76.1 Å². The molecule has 0 radical (unpaired) electrons. The van der Waals surface area contributed by atoms with Crippen molar-refractivity contribution in [3.63, 3.8) is 0 Å². The molecule has 1 aromatic rings. The fraction of sp³-hybridized carbons (Fsp3) is 0.200. The third-order valence-corrected chi connectivity index (χ3v) is 1.52. The molecule has 13 heavy (non-hydrogen) atoms. The predicted molar refractivity (Wildman–Crippen MR) is 49.3 cm³/mol. The summed E-state index contributed by atoms with van der Waals surface area (Å²) in [5.74, 6) is -1.10. The Balaban J connectivity index is 2.77. The highest BCUT2D eigenvalue weighted by Crippen LogP contribution is 2.08. The van der Waals surface area contributed by atoms with Gasteiger partial charge in [-0.05, 0) is 24.7 Å². The molecule has 0 aliphatic carbocycles. The van der Waals surface area contributed by atoms with Crippen LogP contribution >= 0.6 is 0 Å². The van der Waals surface area contributed by atoms with E-state index in [9.17, 15) is 8.78 Å². The zero-order chi connectivity index (χ0) is 9.68. The largest absolute Gasteiger partial charge is 0.316 e. The summed E-state index contributed by atoms with van der Waals surface area (Å²) in [6.07, 6.45) is 3.47. The SMILES string of the molecule is CNC/C=C/c1cc(F)cc(F)c1. The first-order chi connectivity index (χ1) is 6.22. The molecule has 1 rings (SSSR count). The van der Waals surface area contributed by atoms with Crippen LogP contribution < -0.4 is 5.32 Å². The van der Waals surface area contributed by atoms with Crippen molar-refractivity contribution in [1.82, 2.24) is 5.32 Å². The second kappa shape index (κ2) is 4.72. The molecule has 0 fully saturated rings. The maximum absolute atomic E-state index is 12.6. The van der Waals surface area contributed by atoms with Crippen molar-refractivity contribution in [1.29, 1.82) is 0 Å². The van der Waals surface area contributed by atoms with Gasteiger partial charge in [0.1, 0.15) is 11.6 Å². The van der Waals surface area contributed by atoms with Crippen molar-refractivity contribution >= 4 is 6.08 Å². The maximum atomic E-state index is 12.6. The van der Waals surface area contributed by atoms with Gasteiger partial charge in [-0.25, -0.2) is 8.78 Å². The summed E-state index contributed by atoms with van der Waals surface area (Å²) in [6.45, 7) is 0.679. The summed E-state index contributed by atoms with van der Waals surface area (Å²) >= 11 is 0. The van der Waals surface area contributed by atoms with E-state index in [4.69, 9.17) is 0 Å². The molecular formula is C10H11F2N. The first kappa shape index (κ1) is 9.86. The Morgan fingerprint density at radius 3 is 2.38 bits per heavy atom. The second-order valence-corrected chi connectivity index (χ2v) is 2.66. The quantitative estimate of drug-likeness (QED) is 0.757. The maximum Gasteiger partial charge on any atom is 0.126 e. The molecule has 3 heteroatoms. The molecule has 1 nitrogen and oxygen atoms in total. The van der Waals surface area contributed by atoms with Crippen LogP contribution in [0.3, 0.4) is 0 Å². The highest BCUT2D eigenvalue weighted by molar-refractivity contribution is 5.49. The van der Waals surface area contributed by atoms with Gasteiger partial charge in [-0.2, -0.15) is 0 Å². The Morgan fingerprint density at radius 1 is 1.23 bits per heavy atom. The van der Waals surface area contributed by atoms with Crippen LogP contribution in [0.2, 0.25) is 0 Å². The summed E-state index contributed by atoms with van der Waals surface area (Å²) in [5.41, 5.74) is 0.535. The van der Waals surface area contributed by atoms with Crippen molar-refractivity contribution in [2.24, 2.45) is 0 Å². The van der Waals surface area contributed by atoms with Crippen molar-refractivity contribution < 1.29 is 8.78 Å². The number of benzene rings is 1. The lowest BCUT2D eigenvalue weighted by molar-refractivity contribution is 0.583. The summed E-state index contributed by atoms with van der Waals surface area (Å²) in [5, 5.41) is 2.89. The van der Waals surface area contributed by atoms with E-state index in [-0.39, 0.29) is 0 Å². The van der Waals surface area contributed by atoms with Crippen LogP contribution in [0.25, 0.3) is 6.08 Å². The second-order valence-electron chi connectivity index (χ2n) is 2.66. The molecule has 0 bridgehead atoms. The van der Waals surface area contributed by atoms with Gasteiger partial charge in [-0.1, -0.05) is 12.2 Å². The van der Waals surface area contributed by atoms with Crippen LogP contribution in [0.4, 0.5) is 8.78 Å². The minimum atomic E-state index is -0.552. The zero-order valence-corrected chi connectivity index (χ0v) is 7.35. The zero-order valence-electron chi connectivity index (χ0n) is 7.35. The van der Waals surface area contributed by atoms with Gasteiger partial charge < -0.3 is 5.32 Å². The molecule has 0 heterocycles. The van der Waals surface area contributed by atoms with Crippen molar-refractivity contribution in [3.05, 3.63) is 41.5 Å². The van der Waals surface area contributed by atoms with E-state index in [0.717, 1.165) is 6.07 Å². The molecule has 0 amide bonds. The molecule has 0 saturated carbocycles. The Hall–Kier alpha value is -1.22. The minimum absolute atomic E-state index is 0.535. The molecule has 0 saturated heterocycles. The molecule has 0 aliphatic rings. The minimum Gasteiger partial charge on any atom is -0.316 e. The van der Waals surface area contributed by atoms with E-state index >= 15 is 0 Å².